The third-order valence-corrected chi connectivity index (χ3v) is 4.09. The number of halogens is 1. The molecule has 0 aliphatic heterocycles. The monoisotopic (exact) mass is 308 g/mol. The molecule has 5 heteroatoms. The van der Waals surface area contributed by atoms with Gasteiger partial charge in [-0.2, -0.15) is 0 Å². The van der Waals surface area contributed by atoms with E-state index >= 15 is 0 Å². The Kier molecular flexibility index (Phi) is 2.57. The van der Waals surface area contributed by atoms with Gasteiger partial charge in [-0.15, -0.1) is 0 Å². The number of fused-ring (bicyclic) bond motifs is 3. The van der Waals surface area contributed by atoms with Crippen molar-refractivity contribution in [2.24, 2.45) is 0 Å². The van der Waals surface area contributed by atoms with Crippen molar-refractivity contribution in [1.29, 1.82) is 0 Å². The standard InChI is InChI=1S/C18H9FO4/c19-8-5-6-11-12(7-8)18(23)14-13(17(11)22)15(20)9-3-1-2-4-10(9)16(14)21/h1-7,20-21H. The number of phenols is 2. The molecule has 0 radical (unpaired) electrons. The normalized spacial score (nSPS) is 13.1. The molecule has 0 bridgehead atoms. The maximum absolute atomic E-state index is 13.4. The highest BCUT2D eigenvalue weighted by molar-refractivity contribution is 6.32. The van der Waals surface area contributed by atoms with Crippen LogP contribution in [0.2, 0.25) is 0 Å². The maximum atomic E-state index is 13.4. The molecule has 0 aromatic heterocycles. The molecule has 0 saturated carbocycles. The number of rotatable bonds is 0. The van der Waals surface area contributed by atoms with E-state index in [1.54, 1.807) is 18.2 Å². The average molecular weight is 308 g/mol. The van der Waals surface area contributed by atoms with Gasteiger partial charge in [-0.3, -0.25) is 9.59 Å². The second-order valence-corrected chi connectivity index (χ2v) is 5.34. The van der Waals surface area contributed by atoms with Crippen molar-refractivity contribution in [3.8, 4) is 11.5 Å². The van der Waals surface area contributed by atoms with Gasteiger partial charge < -0.3 is 10.2 Å². The van der Waals surface area contributed by atoms with Crippen LogP contribution in [0.15, 0.2) is 42.5 Å². The van der Waals surface area contributed by atoms with Gasteiger partial charge in [0, 0.05) is 21.9 Å². The largest absolute Gasteiger partial charge is 0.506 e. The smallest absolute Gasteiger partial charge is 0.198 e. The minimum atomic E-state index is -0.687. The number of phenolic OH excluding ortho intramolecular Hbond substituents is 2. The summed E-state index contributed by atoms with van der Waals surface area (Å²) in [7, 11) is 0. The quantitative estimate of drug-likeness (QED) is 0.489. The predicted molar refractivity (Wildman–Crippen MR) is 80.5 cm³/mol. The maximum Gasteiger partial charge on any atom is 0.198 e. The van der Waals surface area contributed by atoms with Crippen LogP contribution in [0.25, 0.3) is 10.8 Å². The van der Waals surface area contributed by atoms with Crippen LogP contribution in [0, 0.1) is 5.82 Å². The van der Waals surface area contributed by atoms with Crippen LogP contribution in [0.1, 0.15) is 31.8 Å². The third-order valence-electron chi connectivity index (χ3n) is 4.09. The molecule has 0 saturated heterocycles. The number of benzene rings is 3. The Morgan fingerprint density at radius 1 is 0.739 bits per heavy atom. The Hall–Kier alpha value is -3.21. The SMILES string of the molecule is O=C1c2ccc(F)cc2C(=O)c2c1c(O)c1ccccc1c2O. The van der Waals surface area contributed by atoms with Crippen molar-refractivity contribution in [2.45, 2.75) is 0 Å². The summed E-state index contributed by atoms with van der Waals surface area (Å²) >= 11 is 0. The van der Waals surface area contributed by atoms with E-state index < -0.39 is 17.4 Å². The zero-order chi connectivity index (χ0) is 16.3. The molecule has 1 aliphatic carbocycles. The van der Waals surface area contributed by atoms with E-state index in [0.717, 1.165) is 12.1 Å². The topological polar surface area (TPSA) is 74.6 Å². The fourth-order valence-electron chi connectivity index (χ4n) is 3.02. The molecule has 0 heterocycles. The van der Waals surface area contributed by atoms with Gasteiger partial charge in [0.1, 0.15) is 17.3 Å². The molecule has 1 aliphatic rings. The molecule has 4 rings (SSSR count). The lowest BCUT2D eigenvalue weighted by molar-refractivity contribution is 0.0974. The second kappa shape index (κ2) is 4.39. The molecule has 112 valence electrons. The summed E-state index contributed by atoms with van der Waals surface area (Å²) < 4.78 is 13.4. The van der Waals surface area contributed by atoms with Crippen LogP contribution in [-0.4, -0.2) is 21.8 Å². The van der Waals surface area contributed by atoms with Gasteiger partial charge >= 0.3 is 0 Å². The highest BCUT2D eigenvalue weighted by Crippen LogP contribution is 2.44. The first-order chi connectivity index (χ1) is 11.0. The molecular weight excluding hydrogens is 299 g/mol. The lowest BCUT2D eigenvalue weighted by Gasteiger charge is -2.21. The minimum absolute atomic E-state index is 0.00822. The third kappa shape index (κ3) is 1.64. The van der Waals surface area contributed by atoms with Crippen LogP contribution in [0.4, 0.5) is 4.39 Å². The van der Waals surface area contributed by atoms with Crippen molar-refractivity contribution >= 4 is 22.3 Å². The minimum Gasteiger partial charge on any atom is -0.506 e. The number of ketones is 2. The van der Waals surface area contributed by atoms with Gasteiger partial charge in [-0.05, 0) is 18.2 Å². The molecule has 0 amide bonds. The van der Waals surface area contributed by atoms with Crippen molar-refractivity contribution < 1.29 is 24.2 Å². The lowest BCUT2D eigenvalue weighted by Crippen LogP contribution is -2.21. The van der Waals surface area contributed by atoms with E-state index in [1.165, 1.54) is 12.1 Å². The summed E-state index contributed by atoms with van der Waals surface area (Å²) in [5, 5.41) is 21.4. The van der Waals surface area contributed by atoms with Gasteiger partial charge in [0.25, 0.3) is 0 Å². The zero-order valence-electron chi connectivity index (χ0n) is 11.6. The van der Waals surface area contributed by atoms with Gasteiger partial charge in [0.15, 0.2) is 11.6 Å². The van der Waals surface area contributed by atoms with Crippen LogP contribution >= 0.6 is 0 Å². The summed E-state index contributed by atoms with van der Waals surface area (Å²) in [6, 6.07) is 9.60. The van der Waals surface area contributed by atoms with Crippen molar-refractivity contribution in [2.75, 3.05) is 0 Å². The zero-order valence-corrected chi connectivity index (χ0v) is 11.6. The number of carbonyl (C=O) groups is 2. The average Bonchev–Trinajstić information content (AvgIpc) is 2.56. The van der Waals surface area contributed by atoms with Crippen LogP contribution in [0.5, 0.6) is 11.5 Å². The Morgan fingerprint density at radius 2 is 1.26 bits per heavy atom. The van der Waals surface area contributed by atoms with Crippen molar-refractivity contribution in [3.05, 3.63) is 70.5 Å². The molecule has 23 heavy (non-hydrogen) atoms. The predicted octanol–water partition coefficient (Wildman–Crippen LogP) is 3.17. The Morgan fingerprint density at radius 3 is 1.83 bits per heavy atom. The molecule has 0 atom stereocenters. The van der Waals surface area contributed by atoms with E-state index in [-0.39, 0.29) is 44.5 Å². The molecule has 3 aromatic carbocycles. The van der Waals surface area contributed by atoms with E-state index in [1.807, 2.05) is 0 Å². The fourth-order valence-corrected chi connectivity index (χ4v) is 3.02. The summed E-state index contributed by atoms with van der Waals surface area (Å²) in [6.07, 6.45) is 0. The molecule has 3 aromatic rings. The van der Waals surface area contributed by atoms with E-state index in [4.69, 9.17) is 0 Å². The first-order valence-corrected chi connectivity index (χ1v) is 6.86. The van der Waals surface area contributed by atoms with E-state index in [2.05, 4.69) is 0 Å². The summed E-state index contributed by atoms with van der Waals surface area (Å²) in [4.78, 5) is 25.3. The fraction of sp³-hybridized carbons (Fsp3) is 0. The molecule has 0 fully saturated rings. The second-order valence-electron chi connectivity index (χ2n) is 5.34. The number of carbonyl (C=O) groups excluding carboxylic acids is 2. The highest BCUT2D eigenvalue weighted by atomic mass is 19.1. The Balaban J connectivity index is 2.17. The van der Waals surface area contributed by atoms with E-state index in [0.29, 0.717) is 0 Å². The molecular formula is C18H9FO4. The number of hydrogen-bond acceptors (Lipinski definition) is 4. The molecule has 0 spiro atoms. The van der Waals surface area contributed by atoms with Gasteiger partial charge in [0.2, 0.25) is 0 Å². The van der Waals surface area contributed by atoms with Crippen molar-refractivity contribution in [3.63, 3.8) is 0 Å². The van der Waals surface area contributed by atoms with Crippen LogP contribution < -0.4 is 0 Å². The van der Waals surface area contributed by atoms with Gasteiger partial charge in [-0.25, -0.2) is 4.39 Å². The lowest BCUT2D eigenvalue weighted by atomic mass is 9.81. The Labute approximate surface area is 129 Å². The first kappa shape index (κ1) is 13.5. The van der Waals surface area contributed by atoms with E-state index in [9.17, 15) is 24.2 Å². The van der Waals surface area contributed by atoms with Gasteiger partial charge in [0.05, 0.1) is 11.1 Å². The molecule has 0 unspecified atom stereocenters. The number of hydrogen-bond donors (Lipinski definition) is 2. The number of aromatic hydroxyl groups is 2. The summed E-state index contributed by atoms with van der Waals surface area (Å²) in [6.45, 7) is 0. The molecule has 2 N–H and O–H groups in total. The van der Waals surface area contributed by atoms with Crippen LogP contribution in [0.3, 0.4) is 0 Å². The highest BCUT2D eigenvalue weighted by Gasteiger charge is 2.36. The van der Waals surface area contributed by atoms with Gasteiger partial charge in [-0.1, -0.05) is 24.3 Å². The first-order valence-electron chi connectivity index (χ1n) is 6.86. The molecule has 4 nitrogen and oxygen atoms in total. The van der Waals surface area contributed by atoms with Crippen molar-refractivity contribution in [1.82, 2.24) is 0 Å². The summed E-state index contributed by atoms with van der Waals surface area (Å²) in [5.41, 5.74) is -0.643. The van der Waals surface area contributed by atoms with Crippen LogP contribution in [-0.2, 0) is 0 Å². The Bertz CT molecular complexity index is 1040. The summed E-state index contributed by atoms with van der Waals surface area (Å²) in [5.74, 6) is -2.71.